The van der Waals surface area contributed by atoms with Gasteiger partial charge in [-0.05, 0) is 48.2 Å². The van der Waals surface area contributed by atoms with Crippen molar-refractivity contribution in [3.63, 3.8) is 0 Å². The Hall–Kier alpha value is -3.50. The first-order valence-electron chi connectivity index (χ1n) is 13.3. The molecule has 0 bridgehead atoms. The molecule has 0 saturated heterocycles. The van der Waals surface area contributed by atoms with E-state index in [4.69, 9.17) is 16.3 Å². The second kappa shape index (κ2) is 12.0. The number of fused-ring (bicyclic) bond motifs is 1. The maximum atomic E-state index is 14.6. The van der Waals surface area contributed by atoms with Crippen molar-refractivity contribution in [2.45, 2.75) is 50.9 Å². The van der Waals surface area contributed by atoms with Crippen LogP contribution in [0.5, 0.6) is 5.75 Å². The predicted molar refractivity (Wildman–Crippen MR) is 152 cm³/mol. The molecule has 1 saturated carbocycles. The number of methoxy groups -OCH3 is 1. The fourth-order valence-electron chi connectivity index (χ4n) is 5.37. The van der Waals surface area contributed by atoms with E-state index >= 15 is 0 Å². The molecule has 1 aliphatic rings. The molecule has 1 heterocycles. The number of alkyl halides is 3. The van der Waals surface area contributed by atoms with E-state index in [-0.39, 0.29) is 32.6 Å². The molecule has 1 aliphatic carbocycles. The van der Waals surface area contributed by atoms with Crippen molar-refractivity contribution in [2.24, 2.45) is 0 Å². The van der Waals surface area contributed by atoms with Crippen molar-refractivity contribution in [1.82, 2.24) is 4.90 Å². The summed E-state index contributed by atoms with van der Waals surface area (Å²) in [5.74, 6) is -3.27. The number of halogens is 6. The quantitative estimate of drug-likeness (QED) is 0.153. The topological polar surface area (TPSA) is 46.6 Å². The molecular weight excluding hydrogens is 597 g/mol. The highest BCUT2D eigenvalue weighted by molar-refractivity contribution is 7.21. The van der Waals surface area contributed by atoms with Crippen LogP contribution in [0.3, 0.4) is 0 Å². The van der Waals surface area contributed by atoms with Gasteiger partial charge in [-0.3, -0.25) is 9.59 Å². The molecule has 0 atom stereocenters. The molecule has 220 valence electrons. The van der Waals surface area contributed by atoms with Crippen LogP contribution in [-0.4, -0.2) is 35.9 Å². The van der Waals surface area contributed by atoms with Crippen molar-refractivity contribution >= 4 is 44.7 Å². The first-order chi connectivity index (χ1) is 20.0. The second-order valence-electron chi connectivity index (χ2n) is 10.1. The Morgan fingerprint density at radius 1 is 0.952 bits per heavy atom. The van der Waals surface area contributed by atoms with Gasteiger partial charge >= 0.3 is 6.18 Å². The molecule has 4 nitrogen and oxygen atoms in total. The Labute approximate surface area is 247 Å². The van der Waals surface area contributed by atoms with E-state index in [2.05, 4.69) is 0 Å². The van der Waals surface area contributed by atoms with Gasteiger partial charge in [0.25, 0.3) is 11.7 Å². The predicted octanol–water partition coefficient (Wildman–Crippen LogP) is 9.23. The SMILES string of the molecule is COc1ccc(-c2ccc(C(=O)C(F)(F)F)cc2)cc1CN(C(=O)c1sc2c(F)ccc(F)c2c1Cl)C1CCCCC1. The molecule has 1 aromatic heterocycles. The summed E-state index contributed by atoms with van der Waals surface area (Å²) >= 11 is 7.29. The van der Waals surface area contributed by atoms with Crippen molar-refractivity contribution < 1.29 is 36.3 Å². The summed E-state index contributed by atoms with van der Waals surface area (Å²) in [6.45, 7) is 0.0979. The summed E-state index contributed by atoms with van der Waals surface area (Å²) in [6.07, 6.45) is -0.625. The van der Waals surface area contributed by atoms with Crippen molar-refractivity contribution in [2.75, 3.05) is 7.11 Å². The van der Waals surface area contributed by atoms with Gasteiger partial charge in [0.15, 0.2) is 0 Å². The smallest absolute Gasteiger partial charge is 0.454 e. The fraction of sp³-hybridized carbons (Fsp3) is 0.290. The van der Waals surface area contributed by atoms with Gasteiger partial charge in [-0.15, -0.1) is 11.3 Å². The third-order valence-electron chi connectivity index (χ3n) is 7.51. The van der Waals surface area contributed by atoms with Crippen LogP contribution in [0.25, 0.3) is 21.2 Å². The number of Topliss-reactive ketones (excluding diaryl/α,β-unsaturated/α-hetero) is 1. The lowest BCUT2D eigenvalue weighted by molar-refractivity contribution is -0.0885. The number of ketones is 1. The van der Waals surface area contributed by atoms with Gasteiger partial charge in [-0.25, -0.2) is 8.78 Å². The van der Waals surface area contributed by atoms with Crippen LogP contribution in [0.15, 0.2) is 54.6 Å². The van der Waals surface area contributed by atoms with E-state index in [9.17, 15) is 31.5 Å². The van der Waals surface area contributed by atoms with Gasteiger partial charge in [0.1, 0.15) is 22.3 Å². The Bertz CT molecular complexity index is 1650. The maximum Gasteiger partial charge on any atom is 0.454 e. The summed E-state index contributed by atoms with van der Waals surface area (Å²) in [5.41, 5.74) is 1.35. The Balaban J connectivity index is 1.52. The second-order valence-corrected chi connectivity index (χ2v) is 11.5. The molecule has 42 heavy (non-hydrogen) atoms. The van der Waals surface area contributed by atoms with Crippen molar-refractivity contribution in [1.29, 1.82) is 0 Å². The third-order valence-corrected chi connectivity index (χ3v) is 9.19. The first-order valence-corrected chi connectivity index (χ1v) is 14.4. The number of amides is 1. The summed E-state index contributed by atoms with van der Waals surface area (Å²) in [5, 5.41) is -0.257. The van der Waals surface area contributed by atoms with E-state index in [1.807, 2.05) is 0 Å². The fourth-order valence-corrected chi connectivity index (χ4v) is 6.87. The molecule has 3 aromatic carbocycles. The average Bonchev–Trinajstić information content (AvgIpc) is 3.35. The number of nitrogens with zero attached hydrogens (tertiary/aromatic N) is 1. The van der Waals surface area contributed by atoms with Gasteiger partial charge in [0.2, 0.25) is 0 Å². The van der Waals surface area contributed by atoms with Crippen LogP contribution in [0.4, 0.5) is 22.0 Å². The summed E-state index contributed by atoms with van der Waals surface area (Å²) in [7, 11) is 1.48. The highest BCUT2D eigenvalue weighted by Crippen LogP contribution is 2.40. The van der Waals surface area contributed by atoms with E-state index in [1.54, 1.807) is 23.1 Å². The standard InChI is InChI=1S/C31H25ClF5NO3S/c1-41-24-14-11-19(17-7-9-18(10-8-17)29(39)31(35,36)37)15-20(24)16-38(21-5-3-2-4-6-21)30(40)28-26(32)25-22(33)12-13-23(34)27(25)42-28/h7-15,21H,2-6,16H2,1H3. The highest BCUT2D eigenvalue weighted by Gasteiger charge is 2.39. The van der Waals surface area contributed by atoms with Gasteiger partial charge < -0.3 is 9.64 Å². The molecule has 1 amide bonds. The number of rotatable bonds is 7. The van der Waals surface area contributed by atoms with Crippen molar-refractivity contribution in [3.05, 3.63) is 87.3 Å². The Morgan fingerprint density at radius 2 is 1.60 bits per heavy atom. The van der Waals surface area contributed by atoms with Crippen LogP contribution in [-0.2, 0) is 6.54 Å². The first kappa shape index (κ1) is 30.0. The molecule has 0 aliphatic heterocycles. The van der Waals surface area contributed by atoms with Crippen LogP contribution in [0.1, 0.15) is 57.7 Å². The monoisotopic (exact) mass is 621 g/mol. The summed E-state index contributed by atoms with van der Waals surface area (Å²) in [4.78, 5) is 27.3. The normalized spacial score (nSPS) is 14.3. The van der Waals surface area contributed by atoms with Crippen LogP contribution >= 0.6 is 22.9 Å². The number of thiophene rings is 1. The van der Waals surface area contributed by atoms with Gasteiger partial charge in [0, 0.05) is 23.7 Å². The zero-order valence-electron chi connectivity index (χ0n) is 22.4. The number of benzene rings is 3. The molecule has 0 spiro atoms. The molecule has 11 heteroatoms. The Kier molecular flexibility index (Phi) is 8.57. The lowest BCUT2D eigenvalue weighted by Crippen LogP contribution is -2.40. The van der Waals surface area contributed by atoms with Gasteiger partial charge in [-0.1, -0.05) is 61.2 Å². The van der Waals surface area contributed by atoms with Crippen LogP contribution < -0.4 is 4.74 Å². The highest BCUT2D eigenvalue weighted by atomic mass is 35.5. The minimum Gasteiger partial charge on any atom is -0.496 e. The minimum absolute atomic E-state index is 0.0287. The number of hydrogen-bond donors (Lipinski definition) is 0. The number of hydrogen-bond acceptors (Lipinski definition) is 4. The van der Waals surface area contributed by atoms with Crippen LogP contribution in [0, 0.1) is 11.6 Å². The molecule has 0 unspecified atom stereocenters. The molecule has 0 radical (unpaired) electrons. The lowest BCUT2D eigenvalue weighted by atomic mass is 9.93. The Morgan fingerprint density at radius 3 is 2.21 bits per heavy atom. The average molecular weight is 622 g/mol. The molecule has 5 rings (SSSR count). The van der Waals surface area contributed by atoms with Gasteiger partial charge in [0.05, 0.1) is 22.2 Å². The zero-order chi connectivity index (χ0) is 30.2. The molecule has 4 aromatic rings. The van der Waals surface area contributed by atoms with Gasteiger partial charge in [-0.2, -0.15) is 13.2 Å². The van der Waals surface area contributed by atoms with Crippen molar-refractivity contribution in [3.8, 4) is 16.9 Å². The third kappa shape index (κ3) is 5.87. The number of carbonyl (C=O) groups is 2. The minimum atomic E-state index is -4.97. The lowest BCUT2D eigenvalue weighted by Gasteiger charge is -2.34. The van der Waals surface area contributed by atoms with E-state index in [0.717, 1.165) is 67.7 Å². The van der Waals surface area contributed by atoms with E-state index < -0.39 is 35.1 Å². The number of carbonyl (C=O) groups excluding carboxylic acids is 2. The van der Waals surface area contributed by atoms with E-state index in [0.29, 0.717) is 22.4 Å². The molecular formula is C31H25ClF5NO3S. The van der Waals surface area contributed by atoms with E-state index in [1.165, 1.54) is 19.2 Å². The summed E-state index contributed by atoms with van der Waals surface area (Å²) < 4.78 is 73.2. The summed E-state index contributed by atoms with van der Waals surface area (Å²) in [6, 6.07) is 12.1. The number of ether oxygens (including phenoxy) is 1. The largest absolute Gasteiger partial charge is 0.496 e. The zero-order valence-corrected chi connectivity index (χ0v) is 23.9. The van der Waals surface area contributed by atoms with Crippen LogP contribution in [0.2, 0.25) is 5.02 Å². The molecule has 1 fully saturated rings. The molecule has 0 N–H and O–H groups in total. The maximum absolute atomic E-state index is 14.6.